The van der Waals surface area contributed by atoms with Crippen LogP contribution < -0.4 is 5.32 Å². The number of benzene rings is 2. The lowest BCUT2D eigenvalue weighted by Gasteiger charge is -2.22. The van der Waals surface area contributed by atoms with Crippen molar-refractivity contribution in [3.63, 3.8) is 0 Å². The number of fused-ring (bicyclic) bond motifs is 1. The minimum atomic E-state index is -4.54. The molecule has 0 bridgehead atoms. The molecule has 1 atom stereocenters. The maximum absolute atomic E-state index is 13.2. The first-order valence-electron chi connectivity index (χ1n) is 9.64. The van der Waals surface area contributed by atoms with Gasteiger partial charge >= 0.3 is 6.18 Å². The fourth-order valence-corrected chi connectivity index (χ4v) is 4.24. The van der Waals surface area contributed by atoms with Crippen LogP contribution in [-0.4, -0.2) is 44.1 Å². The standard InChI is InChI=1S/C21H19F3N6OS/c1-13(20-28-15-5-3-4-6-18(15)32-20)29(2)10-19(31)27-16-9-14(21(22,23)24)7-8-17(16)30-12-25-11-26-30/h3-9,11-13H,10H2,1-2H3,(H,27,31)/t13-/m0/s1. The Morgan fingerprint density at radius 2 is 2.03 bits per heavy atom. The monoisotopic (exact) mass is 460 g/mol. The number of anilines is 1. The van der Waals surface area contributed by atoms with Crippen molar-refractivity contribution in [2.45, 2.75) is 19.1 Å². The molecular weight excluding hydrogens is 441 g/mol. The van der Waals surface area contributed by atoms with E-state index in [4.69, 9.17) is 0 Å². The Hall–Kier alpha value is -3.31. The molecule has 2 aromatic heterocycles. The number of nitrogens with one attached hydrogen (secondary N) is 1. The van der Waals surface area contributed by atoms with Gasteiger partial charge in [0.25, 0.3) is 0 Å². The smallest absolute Gasteiger partial charge is 0.323 e. The van der Waals surface area contributed by atoms with Gasteiger partial charge in [-0.05, 0) is 44.3 Å². The van der Waals surface area contributed by atoms with Crippen LogP contribution in [0.15, 0.2) is 55.1 Å². The van der Waals surface area contributed by atoms with Crippen molar-refractivity contribution in [3.05, 3.63) is 65.7 Å². The molecule has 166 valence electrons. The molecule has 0 saturated carbocycles. The average molecular weight is 460 g/mol. The Morgan fingerprint density at radius 1 is 1.25 bits per heavy atom. The van der Waals surface area contributed by atoms with Gasteiger partial charge in [0, 0.05) is 0 Å². The fraction of sp³-hybridized carbons (Fsp3) is 0.238. The van der Waals surface area contributed by atoms with Crippen LogP contribution >= 0.6 is 11.3 Å². The molecule has 0 fully saturated rings. The number of carbonyl (C=O) groups is 1. The summed E-state index contributed by atoms with van der Waals surface area (Å²) < 4.78 is 42.0. The number of likely N-dealkylation sites (N-methyl/N-ethyl adjacent to an activating group) is 1. The Bertz CT molecular complexity index is 1210. The molecule has 0 saturated heterocycles. The van der Waals surface area contributed by atoms with E-state index >= 15 is 0 Å². The van der Waals surface area contributed by atoms with Crippen LogP contribution in [0.2, 0.25) is 0 Å². The van der Waals surface area contributed by atoms with Gasteiger partial charge in [0.15, 0.2) is 0 Å². The number of hydrogen-bond acceptors (Lipinski definition) is 6. The van der Waals surface area contributed by atoms with Crippen LogP contribution in [-0.2, 0) is 11.0 Å². The zero-order valence-corrected chi connectivity index (χ0v) is 18.0. The van der Waals surface area contributed by atoms with E-state index in [1.54, 1.807) is 23.3 Å². The van der Waals surface area contributed by atoms with E-state index in [1.807, 2.05) is 31.2 Å². The summed E-state index contributed by atoms with van der Waals surface area (Å²) in [5, 5.41) is 7.39. The minimum Gasteiger partial charge on any atom is -0.323 e. The van der Waals surface area contributed by atoms with Crippen molar-refractivity contribution in [3.8, 4) is 5.69 Å². The maximum atomic E-state index is 13.2. The second kappa shape index (κ2) is 8.67. The first kappa shape index (κ1) is 21.9. The van der Waals surface area contributed by atoms with Gasteiger partial charge in [0.1, 0.15) is 17.7 Å². The first-order chi connectivity index (χ1) is 15.2. The molecule has 4 aromatic rings. The Labute approximate surface area is 185 Å². The molecule has 4 rings (SSSR count). The van der Waals surface area contributed by atoms with Crippen molar-refractivity contribution in [2.24, 2.45) is 0 Å². The molecule has 32 heavy (non-hydrogen) atoms. The highest BCUT2D eigenvalue weighted by molar-refractivity contribution is 7.18. The Morgan fingerprint density at radius 3 is 2.72 bits per heavy atom. The van der Waals surface area contributed by atoms with E-state index in [0.29, 0.717) is 0 Å². The summed E-state index contributed by atoms with van der Waals surface area (Å²) in [6.45, 7) is 1.89. The molecule has 0 aliphatic carbocycles. The molecule has 7 nitrogen and oxygen atoms in total. The van der Waals surface area contributed by atoms with Crippen LogP contribution in [0.5, 0.6) is 0 Å². The molecule has 0 aliphatic heterocycles. The summed E-state index contributed by atoms with van der Waals surface area (Å²) in [5.74, 6) is -0.457. The molecule has 2 heterocycles. The predicted molar refractivity (Wildman–Crippen MR) is 116 cm³/mol. The highest BCUT2D eigenvalue weighted by atomic mass is 32.1. The van der Waals surface area contributed by atoms with Gasteiger partial charge in [-0.25, -0.2) is 14.6 Å². The second-order valence-corrected chi connectivity index (χ2v) is 8.29. The number of para-hydroxylation sites is 1. The zero-order valence-electron chi connectivity index (χ0n) is 17.2. The van der Waals surface area contributed by atoms with Gasteiger partial charge in [0.05, 0.1) is 39.7 Å². The molecule has 1 N–H and O–H groups in total. The predicted octanol–water partition coefficient (Wildman–Crippen LogP) is 4.53. The molecule has 11 heteroatoms. The highest BCUT2D eigenvalue weighted by Gasteiger charge is 2.31. The number of hydrogen-bond donors (Lipinski definition) is 1. The number of amides is 1. The fourth-order valence-electron chi connectivity index (χ4n) is 3.16. The molecule has 0 spiro atoms. The summed E-state index contributed by atoms with van der Waals surface area (Å²) in [6, 6.07) is 10.7. The quantitative estimate of drug-likeness (QED) is 0.458. The SMILES string of the molecule is C[C@@H](c1nc2ccccc2s1)N(C)CC(=O)Nc1cc(C(F)(F)F)ccc1-n1cncn1. The topological polar surface area (TPSA) is 75.9 Å². The van der Waals surface area contributed by atoms with Crippen LogP contribution in [0.1, 0.15) is 23.5 Å². The van der Waals surface area contributed by atoms with E-state index in [2.05, 4.69) is 20.4 Å². The third-order valence-electron chi connectivity index (χ3n) is 4.99. The summed E-state index contributed by atoms with van der Waals surface area (Å²) in [5.41, 5.74) is 0.300. The molecule has 0 unspecified atom stereocenters. The summed E-state index contributed by atoms with van der Waals surface area (Å²) in [7, 11) is 1.76. The van der Waals surface area contributed by atoms with E-state index in [1.165, 1.54) is 23.4 Å². The van der Waals surface area contributed by atoms with E-state index in [9.17, 15) is 18.0 Å². The van der Waals surface area contributed by atoms with Gasteiger partial charge in [-0.15, -0.1) is 11.3 Å². The zero-order chi connectivity index (χ0) is 22.9. The molecule has 2 aromatic carbocycles. The van der Waals surface area contributed by atoms with Gasteiger partial charge in [-0.1, -0.05) is 12.1 Å². The normalized spacial score (nSPS) is 12.9. The van der Waals surface area contributed by atoms with Crippen molar-refractivity contribution < 1.29 is 18.0 Å². The van der Waals surface area contributed by atoms with E-state index in [0.717, 1.165) is 27.4 Å². The van der Waals surface area contributed by atoms with Gasteiger partial charge < -0.3 is 5.32 Å². The van der Waals surface area contributed by atoms with Gasteiger partial charge in [-0.2, -0.15) is 18.3 Å². The number of rotatable bonds is 6. The lowest BCUT2D eigenvalue weighted by Crippen LogP contribution is -2.32. The van der Waals surface area contributed by atoms with Crippen LogP contribution in [0.4, 0.5) is 18.9 Å². The maximum Gasteiger partial charge on any atom is 0.416 e. The molecule has 0 radical (unpaired) electrons. The van der Waals surface area contributed by atoms with Gasteiger partial charge in [-0.3, -0.25) is 9.69 Å². The molecule has 1 amide bonds. The number of nitrogens with zero attached hydrogens (tertiary/aromatic N) is 5. The summed E-state index contributed by atoms with van der Waals surface area (Å²) in [6.07, 6.45) is -1.94. The number of carbonyl (C=O) groups excluding carboxylic acids is 1. The summed E-state index contributed by atoms with van der Waals surface area (Å²) in [4.78, 5) is 22.9. The Balaban J connectivity index is 1.52. The van der Waals surface area contributed by atoms with Crippen LogP contribution in [0.25, 0.3) is 15.9 Å². The average Bonchev–Trinajstić information content (AvgIpc) is 3.42. The van der Waals surface area contributed by atoms with E-state index in [-0.39, 0.29) is 24.0 Å². The number of halogens is 3. The number of alkyl halides is 3. The largest absolute Gasteiger partial charge is 0.416 e. The lowest BCUT2D eigenvalue weighted by atomic mass is 10.1. The highest BCUT2D eigenvalue weighted by Crippen LogP contribution is 2.33. The number of aromatic nitrogens is 4. The second-order valence-electron chi connectivity index (χ2n) is 7.23. The Kier molecular flexibility index (Phi) is 5.94. The lowest BCUT2D eigenvalue weighted by molar-refractivity contribution is -0.137. The van der Waals surface area contributed by atoms with Crippen LogP contribution in [0, 0.1) is 0 Å². The molecular formula is C21H19F3N6OS. The van der Waals surface area contributed by atoms with Crippen molar-refractivity contribution in [1.29, 1.82) is 0 Å². The third kappa shape index (κ3) is 4.63. The third-order valence-corrected chi connectivity index (χ3v) is 6.19. The number of thiazole rings is 1. The van der Waals surface area contributed by atoms with Crippen molar-refractivity contribution in [2.75, 3.05) is 18.9 Å². The first-order valence-corrected chi connectivity index (χ1v) is 10.5. The van der Waals surface area contributed by atoms with Crippen LogP contribution in [0.3, 0.4) is 0 Å². The minimum absolute atomic E-state index is 0.00337. The summed E-state index contributed by atoms with van der Waals surface area (Å²) >= 11 is 1.54. The van der Waals surface area contributed by atoms with E-state index < -0.39 is 17.6 Å². The van der Waals surface area contributed by atoms with Gasteiger partial charge in [0.2, 0.25) is 5.91 Å². The molecule has 0 aliphatic rings. The van der Waals surface area contributed by atoms with Crippen molar-refractivity contribution in [1.82, 2.24) is 24.6 Å². The van der Waals surface area contributed by atoms with Crippen molar-refractivity contribution >= 4 is 33.1 Å².